The molecule has 1 atom stereocenters. The summed E-state index contributed by atoms with van der Waals surface area (Å²) in [5.41, 5.74) is 8.56. The van der Waals surface area contributed by atoms with Gasteiger partial charge in [-0.15, -0.1) is 0 Å². The van der Waals surface area contributed by atoms with Crippen molar-refractivity contribution in [3.63, 3.8) is 0 Å². The maximum Gasteiger partial charge on any atom is 0.417 e. The normalized spacial score (nSPS) is 12.7. The van der Waals surface area contributed by atoms with Gasteiger partial charge in [0.2, 0.25) is 0 Å². The minimum absolute atomic E-state index is 0.225. The molecule has 0 aliphatic carbocycles. The minimum Gasteiger partial charge on any atom is -0.408 e. The van der Waals surface area contributed by atoms with Gasteiger partial charge in [-0.25, -0.2) is 14.8 Å². The SMILES string of the molecule is CC(N)c1nccc(-c2ccc3oc(=O)[nH]c3c2)n1. The molecule has 2 heterocycles. The van der Waals surface area contributed by atoms with Gasteiger partial charge in [0.25, 0.3) is 0 Å². The summed E-state index contributed by atoms with van der Waals surface area (Å²) in [4.78, 5) is 22.2. The highest BCUT2D eigenvalue weighted by Gasteiger charge is 2.08. The number of nitrogens with two attached hydrogens (primary N) is 1. The summed E-state index contributed by atoms with van der Waals surface area (Å²) in [6.07, 6.45) is 1.67. The van der Waals surface area contributed by atoms with Gasteiger partial charge in [0.05, 0.1) is 17.3 Å². The molecule has 3 N–H and O–H groups in total. The molecule has 0 saturated carbocycles. The second-order valence-corrected chi connectivity index (χ2v) is 4.31. The Bertz CT molecular complexity index is 788. The highest BCUT2D eigenvalue weighted by molar-refractivity contribution is 5.78. The molecule has 19 heavy (non-hydrogen) atoms. The van der Waals surface area contributed by atoms with Crippen LogP contribution in [0.4, 0.5) is 0 Å². The maximum absolute atomic E-state index is 11.1. The van der Waals surface area contributed by atoms with E-state index in [4.69, 9.17) is 10.2 Å². The first kappa shape index (κ1) is 11.6. The van der Waals surface area contributed by atoms with Crippen LogP contribution in [0.25, 0.3) is 22.4 Å². The number of rotatable bonds is 2. The summed E-state index contributed by atoms with van der Waals surface area (Å²) in [6, 6.07) is 6.96. The number of hydrogen-bond acceptors (Lipinski definition) is 5. The van der Waals surface area contributed by atoms with Crippen LogP contribution in [-0.2, 0) is 0 Å². The molecule has 3 rings (SSSR count). The molecule has 0 saturated heterocycles. The third-order valence-corrected chi connectivity index (χ3v) is 2.80. The van der Waals surface area contributed by atoms with E-state index >= 15 is 0 Å². The molecule has 0 aliphatic rings. The predicted octanol–water partition coefficient (Wildman–Crippen LogP) is 1.60. The summed E-state index contributed by atoms with van der Waals surface area (Å²) in [6.45, 7) is 1.83. The number of oxazole rings is 1. The Kier molecular flexibility index (Phi) is 2.64. The Morgan fingerprint density at radius 3 is 3.00 bits per heavy atom. The molecule has 0 spiro atoms. The smallest absolute Gasteiger partial charge is 0.408 e. The molecular weight excluding hydrogens is 244 g/mol. The zero-order chi connectivity index (χ0) is 13.4. The lowest BCUT2D eigenvalue weighted by Crippen LogP contribution is -2.09. The van der Waals surface area contributed by atoms with Crippen LogP contribution in [0.15, 0.2) is 39.7 Å². The van der Waals surface area contributed by atoms with Gasteiger partial charge >= 0.3 is 5.76 Å². The van der Waals surface area contributed by atoms with E-state index in [0.717, 1.165) is 11.3 Å². The summed E-state index contributed by atoms with van der Waals surface area (Å²) in [5.74, 6) is 0.115. The number of H-pyrrole nitrogens is 1. The number of aromatic amines is 1. The van der Waals surface area contributed by atoms with Crippen LogP contribution in [0, 0.1) is 0 Å². The van der Waals surface area contributed by atoms with Crippen molar-refractivity contribution in [3.05, 3.63) is 46.8 Å². The van der Waals surface area contributed by atoms with Gasteiger partial charge in [0.1, 0.15) is 5.82 Å². The zero-order valence-corrected chi connectivity index (χ0v) is 10.3. The molecule has 96 valence electrons. The predicted molar refractivity (Wildman–Crippen MR) is 70.5 cm³/mol. The number of nitrogens with zero attached hydrogens (tertiary/aromatic N) is 2. The number of hydrogen-bond donors (Lipinski definition) is 2. The summed E-state index contributed by atoms with van der Waals surface area (Å²) in [5, 5.41) is 0. The lowest BCUT2D eigenvalue weighted by Gasteiger charge is -2.06. The van der Waals surface area contributed by atoms with E-state index in [1.165, 1.54) is 0 Å². The first-order valence-corrected chi connectivity index (χ1v) is 5.85. The van der Waals surface area contributed by atoms with E-state index in [2.05, 4.69) is 15.0 Å². The van der Waals surface area contributed by atoms with Crippen molar-refractivity contribution in [1.82, 2.24) is 15.0 Å². The quantitative estimate of drug-likeness (QED) is 0.725. The van der Waals surface area contributed by atoms with E-state index < -0.39 is 5.76 Å². The van der Waals surface area contributed by atoms with Gasteiger partial charge in [-0.3, -0.25) is 4.98 Å². The third-order valence-electron chi connectivity index (χ3n) is 2.80. The van der Waals surface area contributed by atoms with Crippen LogP contribution >= 0.6 is 0 Å². The van der Waals surface area contributed by atoms with E-state index in [1.807, 2.05) is 19.1 Å². The molecular formula is C13H12N4O2. The Hall–Kier alpha value is -2.47. The highest BCUT2D eigenvalue weighted by atomic mass is 16.4. The van der Waals surface area contributed by atoms with E-state index in [1.54, 1.807) is 18.3 Å². The molecule has 0 bridgehead atoms. The van der Waals surface area contributed by atoms with Crippen molar-refractivity contribution in [2.24, 2.45) is 5.73 Å². The van der Waals surface area contributed by atoms with Crippen molar-refractivity contribution in [2.75, 3.05) is 0 Å². The molecule has 1 unspecified atom stereocenters. The Morgan fingerprint density at radius 2 is 2.21 bits per heavy atom. The van der Waals surface area contributed by atoms with Crippen molar-refractivity contribution in [2.45, 2.75) is 13.0 Å². The lowest BCUT2D eigenvalue weighted by molar-refractivity contribution is 0.555. The van der Waals surface area contributed by atoms with Gasteiger partial charge in [-0.2, -0.15) is 0 Å². The summed E-state index contributed by atoms with van der Waals surface area (Å²) < 4.78 is 4.96. The number of nitrogens with one attached hydrogen (secondary N) is 1. The average Bonchev–Trinajstić information content (AvgIpc) is 2.77. The van der Waals surface area contributed by atoms with Crippen LogP contribution < -0.4 is 11.5 Å². The first-order valence-electron chi connectivity index (χ1n) is 5.85. The Labute approximate surface area is 108 Å². The van der Waals surface area contributed by atoms with E-state index in [-0.39, 0.29) is 6.04 Å². The fraction of sp³-hybridized carbons (Fsp3) is 0.154. The monoisotopic (exact) mass is 256 g/mol. The molecule has 2 aromatic heterocycles. The van der Waals surface area contributed by atoms with Crippen molar-refractivity contribution >= 4 is 11.1 Å². The molecule has 1 aromatic carbocycles. The van der Waals surface area contributed by atoms with Crippen LogP contribution in [-0.4, -0.2) is 15.0 Å². The van der Waals surface area contributed by atoms with Gasteiger partial charge in [0, 0.05) is 11.8 Å². The molecule has 6 heteroatoms. The largest absolute Gasteiger partial charge is 0.417 e. The third kappa shape index (κ3) is 2.13. The summed E-state index contributed by atoms with van der Waals surface area (Å²) in [7, 11) is 0. The zero-order valence-electron chi connectivity index (χ0n) is 10.3. The van der Waals surface area contributed by atoms with E-state index in [9.17, 15) is 4.79 Å². The van der Waals surface area contributed by atoms with Crippen LogP contribution in [0.1, 0.15) is 18.8 Å². The first-order chi connectivity index (χ1) is 9.13. The fourth-order valence-electron chi connectivity index (χ4n) is 1.87. The number of aromatic nitrogens is 3. The summed E-state index contributed by atoms with van der Waals surface area (Å²) >= 11 is 0. The molecule has 0 aliphatic heterocycles. The molecule has 0 amide bonds. The Morgan fingerprint density at radius 1 is 1.37 bits per heavy atom. The van der Waals surface area contributed by atoms with E-state index in [0.29, 0.717) is 16.9 Å². The fourth-order valence-corrected chi connectivity index (χ4v) is 1.87. The van der Waals surface area contributed by atoms with Gasteiger partial charge < -0.3 is 10.2 Å². The maximum atomic E-state index is 11.1. The minimum atomic E-state index is -0.467. The average molecular weight is 256 g/mol. The molecule has 6 nitrogen and oxygen atoms in total. The lowest BCUT2D eigenvalue weighted by atomic mass is 10.1. The van der Waals surface area contributed by atoms with Gasteiger partial charge in [-0.05, 0) is 31.2 Å². The van der Waals surface area contributed by atoms with Crippen LogP contribution in [0.3, 0.4) is 0 Å². The van der Waals surface area contributed by atoms with Crippen LogP contribution in [0.2, 0.25) is 0 Å². The van der Waals surface area contributed by atoms with Crippen molar-refractivity contribution < 1.29 is 4.42 Å². The molecule has 3 aromatic rings. The molecule has 0 radical (unpaired) electrons. The number of benzene rings is 1. The van der Waals surface area contributed by atoms with Gasteiger partial charge in [0.15, 0.2) is 5.58 Å². The second kappa shape index (κ2) is 4.33. The highest BCUT2D eigenvalue weighted by Crippen LogP contribution is 2.21. The van der Waals surface area contributed by atoms with Gasteiger partial charge in [-0.1, -0.05) is 0 Å². The number of fused-ring (bicyclic) bond motifs is 1. The topological polar surface area (TPSA) is 97.8 Å². The van der Waals surface area contributed by atoms with Crippen LogP contribution in [0.5, 0.6) is 0 Å². The van der Waals surface area contributed by atoms with Crippen molar-refractivity contribution in [1.29, 1.82) is 0 Å². The Balaban J connectivity index is 2.12. The van der Waals surface area contributed by atoms with Crippen molar-refractivity contribution in [3.8, 4) is 11.3 Å². The standard InChI is InChI=1S/C13H12N4O2/c1-7(14)12-15-5-4-9(16-12)8-2-3-11-10(6-8)17-13(18)19-11/h2-7H,14H2,1H3,(H,17,18). The second-order valence-electron chi connectivity index (χ2n) is 4.31. The molecule has 0 fully saturated rings.